The van der Waals surface area contributed by atoms with E-state index >= 15 is 0 Å². The fourth-order valence-corrected chi connectivity index (χ4v) is 4.45. The number of nitrogens with zero attached hydrogens (tertiary/aromatic N) is 1. The smallest absolute Gasteiger partial charge is 0.328 e. The van der Waals surface area contributed by atoms with Crippen molar-refractivity contribution in [1.29, 1.82) is 0 Å². The van der Waals surface area contributed by atoms with Gasteiger partial charge in [0.1, 0.15) is 6.54 Å². The minimum atomic E-state index is -1.39. The molecular weight excluding hydrogens is 352 g/mol. The SMILES string of the molecule is O=C1NC(=O)C(CCCCCCCCO)([N+]2(CCO)CCNCC2)C(=O)N1. The van der Waals surface area contributed by atoms with Crippen molar-refractivity contribution in [1.82, 2.24) is 16.0 Å². The normalized spacial score (nSPS) is 21.6. The number of hydrogen-bond donors (Lipinski definition) is 5. The van der Waals surface area contributed by atoms with E-state index in [4.69, 9.17) is 5.11 Å². The minimum absolute atomic E-state index is 0.128. The van der Waals surface area contributed by atoms with Gasteiger partial charge in [0.2, 0.25) is 0 Å². The molecule has 0 atom stereocenters. The maximum absolute atomic E-state index is 13.0. The van der Waals surface area contributed by atoms with Crippen molar-refractivity contribution < 1.29 is 29.1 Å². The summed E-state index contributed by atoms with van der Waals surface area (Å²) in [6, 6.07) is -0.776. The van der Waals surface area contributed by atoms with Crippen molar-refractivity contribution in [3.63, 3.8) is 0 Å². The van der Waals surface area contributed by atoms with Gasteiger partial charge >= 0.3 is 6.03 Å². The van der Waals surface area contributed by atoms with Crippen molar-refractivity contribution >= 4 is 17.8 Å². The number of carbonyl (C=O) groups is 3. The molecule has 0 aliphatic carbocycles. The fourth-order valence-electron chi connectivity index (χ4n) is 4.45. The number of unbranched alkanes of at least 4 members (excludes halogenated alkanes) is 5. The van der Waals surface area contributed by atoms with Crippen LogP contribution in [0.5, 0.6) is 0 Å². The van der Waals surface area contributed by atoms with Gasteiger partial charge < -0.3 is 15.5 Å². The summed E-state index contributed by atoms with van der Waals surface area (Å²) < 4.78 is 0.173. The number of amides is 4. The topological polar surface area (TPSA) is 128 Å². The van der Waals surface area contributed by atoms with Gasteiger partial charge in [-0.2, -0.15) is 0 Å². The molecule has 9 nitrogen and oxygen atoms in total. The molecule has 0 unspecified atom stereocenters. The van der Waals surface area contributed by atoms with Gasteiger partial charge in [0.25, 0.3) is 17.4 Å². The Labute approximate surface area is 160 Å². The molecule has 4 amide bonds. The van der Waals surface area contributed by atoms with E-state index in [2.05, 4.69) is 16.0 Å². The molecule has 0 bridgehead atoms. The van der Waals surface area contributed by atoms with E-state index in [0.717, 1.165) is 32.1 Å². The van der Waals surface area contributed by atoms with E-state index in [1.54, 1.807) is 0 Å². The van der Waals surface area contributed by atoms with Gasteiger partial charge in [0, 0.05) is 26.1 Å². The zero-order valence-electron chi connectivity index (χ0n) is 16.0. The van der Waals surface area contributed by atoms with Crippen LogP contribution in [-0.2, 0) is 9.59 Å². The minimum Gasteiger partial charge on any atom is -0.396 e. The molecule has 0 spiro atoms. The number of aliphatic hydroxyl groups is 2. The van der Waals surface area contributed by atoms with Crippen LogP contribution in [0.15, 0.2) is 0 Å². The van der Waals surface area contributed by atoms with Crippen LogP contribution in [0.4, 0.5) is 4.79 Å². The van der Waals surface area contributed by atoms with E-state index in [1.165, 1.54) is 0 Å². The summed E-state index contributed by atoms with van der Waals surface area (Å²) in [6.07, 6.45) is 5.64. The molecule has 2 heterocycles. The predicted octanol–water partition coefficient (Wildman–Crippen LogP) is -0.773. The molecule has 154 valence electrons. The number of imide groups is 2. The Kier molecular flexibility index (Phi) is 8.15. The Hall–Kier alpha value is -1.55. The van der Waals surface area contributed by atoms with Crippen LogP contribution in [0.2, 0.25) is 0 Å². The number of nitrogens with one attached hydrogen (secondary N) is 3. The summed E-state index contributed by atoms with van der Waals surface area (Å²) in [6.45, 7) is 2.77. The molecule has 2 fully saturated rings. The van der Waals surface area contributed by atoms with Gasteiger partial charge in [-0.3, -0.25) is 24.7 Å². The monoisotopic (exact) mass is 385 g/mol. The summed E-state index contributed by atoms with van der Waals surface area (Å²) in [5, 5.41) is 26.3. The lowest BCUT2D eigenvalue weighted by molar-refractivity contribution is -0.959. The van der Waals surface area contributed by atoms with E-state index in [1.807, 2.05) is 0 Å². The van der Waals surface area contributed by atoms with Crippen molar-refractivity contribution in [2.24, 2.45) is 0 Å². The second kappa shape index (κ2) is 10.1. The first-order valence-electron chi connectivity index (χ1n) is 9.98. The quantitative estimate of drug-likeness (QED) is 0.180. The standard InChI is InChI=1S/C18H32N4O5/c23-13-6-4-2-1-3-5-7-18(15(25)20-17(27)21-16(18)26)22(12-14-24)10-8-19-9-11-22/h19,23-24H,1-14H2,(H-,20,21,25,26,27)/p+1. The largest absolute Gasteiger partial charge is 0.396 e. The van der Waals surface area contributed by atoms with Gasteiger partial charge in [-0.25, -0.2) is 4.79 Å². The van der Waals surface area contributed by atoms with E-state index in [9.17, 15) is 19.5 Å². The summed E-state index contributed by atoms with van der Waals surface area (Å²) in [4.78, 5) is 37.6. The number of barbiturate groups is 1. The Morgan fingerprint density at radius 3 is 1.93 bits per heavy atom. The highest BCUT2D eigenvalue weighted by Crippen LogP contribution is 2.34. The molecule has 0 aromatic carbocycles. The average Bonchev–Trinajstić information content (AvgIpc) is 2.64. The number of piperazine rings is 1. The number of urea groups is 1. The van der Waals surface area contributed by atoms with Crippen LogP contribution in [0.25, 0.3) is 0 Å². The second-order valence-corrected chi connectivity index (χ2v) is 7.48. The zero-order valence-corrected chi connectivity index (χ0v) is 16.0. The molecule has 0 aromatic rings. The predicted molar refractivity (Wildman–Crippen MR) is 98.6 cm³/mol. The van der Waals surface area contributed by atoms with E-state index in [0.29, 0.717) is 45.6 Å². The third-order valence-electron chi connectivity index (χ3n) is 5.92. The Morgan fingerprint density at radius 1 is 0.815 bits per heavy atom. The number of carbonyl (C=O) groups excluding carboxylic acids is 3. The lowest BCUT2D eigenvalue weighted by Gasteiger charge is -2.53. The molecule has 5 N–H and O–H groups in total. The summed E-state index contributed by atoms with van der Waals surface area (Å²) >= 11 is 0. The summed E-state index contributed by atoms with van der Waals surface area (Å²) in [5.74, 6) is -1.10. The third-order valence-corrected chi connectivity index (χ3v) is 5.92. The molecule has 2 aliphatic heterocycles. The zero-order chi connectivity index (χ0) is 19.8. The summed E-state index contributed by atoms with van der Waals surface area (Å²) in [7, 11) is 0. The van der Waals surface area contributed by atoms with Crippen LogP contribution in [0.1, 0.15) is 44.9 Å². The van der Waals surface area contributed by atoms with Crippen molar-refractivity contribution in [2.75, 3.05) is 45.9 Å². The van der Waals surface area contributed by atoms with Gasteiger partial charge in [-0.15, -0.1) is 0 Å². The Morgan fingerprint density at radius 2 is 1.37 bits per heavy atom. The van der Waals surface area contributed by atoms with Gasteiger partial charge in [0.15, 0.2) is 0 Å². The molecule has 0 aromatic heterocycles. The number of aliphatic hydroxyl groups excluding tert-OH is 2. The van der Waals surface area contributed by atoms with Crippen LogP contribution in [0, 0.1) is 0 Å². The van der Waals surface area contributed by atoms with E-state index < -0.39 is 23.4 Å². The lowest BCUT2D eigenvalue weighted by atomic mass is 9.82. The van der Waals surface area contributed by atoms with Crippen molar-refractivity contribution in [3.8, 4) is 0 Å². The maximum Gasteiger partial charge on any atom is 0.328 e. The van der Waals surface area contributed by atoms with Crippen LogP contribution in [-0.4, -0.2) is 84.0 Å². The number of quaternary nitrogens is 1. The van der Waals surface area contributed by atoms with Crippen LogP contribution < -0.4 is 16.0 Å². The molecule has 2 aliphatic rings. The van der Waals surface area contributed by atoms with Gasteiger partial charge in [-0.1, -0.05) is 25.7 Å². The molecule has 9 heteroatoms. The van der Waals surface area contributed by atoms with Gasteiger partial charge in [-0.05, 0) is 12.8 Å². The Balaban J connectivity index is 2.17. The first-order valence-corrected chi connectivity index (χ1v) is 9.98. The number of rotatable bonds is 11. The lowest BCUT2D eigenvalue weighted by Crippen LogP contribution is -2.82. The van der Waals surface area contributed by atoms with E-state index in [-0.39, 0.29) is 17.7 Å². The molecule has 2 rings (SSSR count). The van der Waals surface area contributed by atoms with Crippen LogP contribution in [0.3, 0.4) is 0 Å². The highest BCUT2D eigenvalue weighted by atomic mass is 16.3. The molecule has 0 radical (unpaired) electrons. The molecule has 2 saturated heterocycles. The average molecular weight is 385 g/mol. The van der Waals surface area contributed by atoms with Gasteiger partial charge in [0.05, 0.1) is 19.7 Å². The fraction of sp³-hybridized carbons (Fsp3) is 0.833. The first kappa shape index (κ1) is 21.7. The van der Waals surface area contributed by atoms with Crippen molar-refractivity contribution in [3.05, 3.63) is 0 Å². The Bertz CT molecular complexity index is 508. The highest BCUT2D eigenvalue weighted by molar-refractivity contribution is 6.21. The first-order chi connectivity index (χ1) is 13.0. The highest BCUT2D eigenvalue weighted by Gasteiger charge is 2.64. The van der Waals surface area contributed by atoms with Crippen molar-refractivity contribution in [2.45, 2.75) is 50.5 Å². The second-order valence-electron chi connectivity index (χ2n) is 7.48. The third kappa shape index (κ3) is 4.66. The maximum atomic E-state index is 13.0. The molecule has 27 heavy (non-hydrogen) atoms. The summed E-state index contributed by atoms with van der Waals surface area (Å²) in [5.41, 5.74) is -1.39. The van der Waals surface area contributed by atoms with Crippen LogP contribution >= 0.6 is 0 Å². The number of hydrogen-bond acceptors (Lipinski definition) is 6. The molecule has 0 saturated carbocycles. The molecular formula is C18H33N4O5+.